The predicted molar refractivity (Wildman–Crippen MR) is 140 cm³/mol. The van der Waals surface area contributed by atoms with Crippen LogP contribution >= 0.6 is 0 Å². The summed E-state index contributed by atoms with van der Waals surface area (Å²) < 4.78 is 53.4. The summed E-state index contributed by atoms with van der Waals surface area (Å²) in [5.41, 5.74) is -1.20. The van der Waals surface area contributed by atoms with Crippen LogP contribution in [-0.4, -0.2) is 58.5 Å². The van der Waals surface area contributed by atoms with E-state index < -0.39 is 45.7 Å². The first-order valence-corrected chi connectivity index (χ1v) is 13.4. The molecular weight excluding hydrogens is 535 g/mol. The van der Waals surface area contributed by atoms with Gasteiger partial charge in [-0.2, -0.15) is 23.4 Å². The van der Waals surface area contributed by atoms with Crippen LogP contribution in [0.4, 0.5) is 18.9 Å². The largest absolute Gasteiger partial charge is 0.435 e. The number of aryl methyl sites for hydroxylation is 2. The maximum absolute atomic E-state index is 13.6. The summed E-state index contributed by atoms with van der Waals surface area (Å²) in [6, 6.07) is 5.55. The molecule has 206 valence electrons. The minimum absolute atomic E-state index is 0.0296. The fourth-order valence-electron chi connectivity index (χ4n) is 4.25. The Hall–Kier alpha value is -4.07. The SMILES string of the molecule is Cc1cccnc1-n1nc(C(F)(F)F)cc1C(=O)Nc1c(C)cc2cn[nH]c2c1C(=O)NC(C)(C)CS(C)=O. The van der Waals surface area contributed by atoms with Crippen molar-refractivity contribution < 1.29 is 27.0 Å². The zero-order valence-electron chi connectivity index (χ0n) is 21.7. The first kappa shape index (κ1) is 28.0. The van der Waals surface area contributed by atoms with E-state index in [1.807, 2.05) is 0 Å². The topological polar surface area (TPSA) is 135 Å². The Morgan fingerprint density at radius 3 is 2.49 bits per heavy atom. The van der Waals surface area contributed by atoms with Gasteiger partial charge in [0.25, 0.3) is 11.8 Å². The predicted octanol–water partition coefficient (Wildman–Crippen LogP) is 3.92. The molecule has 2 amide bonds. The van der Waals surface area contributed by atoms with Crippen LogP contribution < -0.4 is 10.6 Å². The average Bonchev–Trinajstić information content (AvgIpc) is 3.45. The number of alkyl halides is 3. The average molecular weight is 562 g/mol. The van der Waals surface area contributed by atoms with Gasteiger partial charge in [-0.15, -0.1) is 0 Å². The van der Waals surface area contributed by atoms with Crippen LogP contribution in [0.1, 0.15) is 51.5 Å². The van der Waals surface area contributed by atoms with Crippen molar-refractivity contribution in [2.24, 2.45) is 0 Å². The molecule has 14 heteroatoms. The van der Waals surface area contributed by atoms with Crippen molar-refractivity contribution in [1.82, 2.24) is 30.3 Å². The van der Waals surface area contributed by atoms with Gasteiger partial charge < -0.3 is 10.6 Å². The number of hydrogen-bond acceptors (Lipinski definition) is 6. The quantitative estimate of drug-likeness (QED) is 0.313. The molecule has 0 aliphatic heterocycles. The fourth-order valence-corrected chi connectivity index (χ4v) is 5.34. The van der Waals surface area contributed by atoms with Crippen molar-refractivity contribution in [1.29, 1.82) is 0 Å². The van der Waals surface area contributed by atoms with E-state index in [9.17, 15) is 27.0 Å². The fraction of sp³-hybridized carbons (Fsp3) is 0.320. The van der Waals surface area contributed by atoms with Crippen molar-refractivity contribution in [3.8, 4) is 5.82 Å². The van der Waals surface area contributed by atoms with Gasteiger partial charge in [-0.3, -0.25) is 18.9 Å². The Morgan fingerprint density at radius 2 is 1.85 bits per heavy atom. The minimum Gasteiger partial charge on any atom is -0.346 e. The summed E-state index contributed by atoms with van der Waals surface area (Å²) in [7, 11) is -1.21. The number of amides is 2. The molecule has 1 unspecified atom stereocenters. The lowest BCUT2D eigenvalue weighted by Gasteiger charge is -2.26. The van der Waals surface area contributed by atoms with Crippen LogP contribution in [0, 0.1) is 13.8 Å². The second-order valence-corrected chi connectivity index (χ2v) is 11.2. The highest BCUT2D eigenvalue weighted by Gasteiger charge is 2.37. The molecule has 4 rings (SSSR count). The number of carbonyl (C=O) groups is 2. The van der Waals surface area contributed by atoms with E-state index in [-0.39, 0.29) is 22.8 Å². The van der Waals surface area contributed by atoms with E-state index in [1.165, 1.54) is 18.6 Å². The van der Waals surface area contributed by atoms with Crippen molar-refractivity contribution in [2.45, 2.75) is 39.4 Å². The molecule has 1 atom stereocenters. The molecule has 0 spiro atoms. The standard InChI is InChI=1S/C25H26F3N7O3S/c1-13-7-6-8-29-21(13)35-16(10-17(34-35)25(26,27)28)22(36)31-19-14(2)9-15-11-30-33-20(15)18(19)23(37)32-24(3,4)12-39(5)38/h6-11H,12H2,1-5H3,(H,30,33)(H,31,36)(H,32,37). The number of hydrogen-bond donors (Lipinski definition) is 3. The summed E-state index contributed by atoms with van der Waals surface area (Å²) in [6.07, 6.45) is -0.418. The van der Waals surface area contributed by atoms with Gasteiger partial charge >= 0.3 is 6.18 Å². The van der Waals surface area contributed by atoms with Gasteiger partial charge in [0.05, 0.1) is 23.0 Å². The zero-order chi connectivity index (χ0) is 28.7. The highest BCUT2D eigenvalue weighted by atomic mass is 32.2. The molecular formula is C25H26F3N7O3S. The number of rotatable bonds is 7. The summed E-state index contributed by atoms with van der Waals surface area (Å²) in [4.78, 5) is 31.2. The van der Waals surface area contributed by atoms with Gasteiger partial charge in [-0.25, -0.2) is 9.67 Å². The summed E-state index contributed by atoms with van der Waals surface area (Å²) >= 11 is 0. The number of fused-ring (bicyclic) bond motifs is 1. The van der Waals surface area contributed by atoms with Crippen molar-refractivity contribution >= 4 is 39.2 Å². The maximum atomic E-state index is 13.6. The molecule has 3 heterocycles. The molecule has 3 aromatic heterocycles. The number of halogens is 3. The first-order valence-electron chi connectivity index (χ1n) is 11.7. The summed E-state index contributed by atoms with van der Waals surface area (Å²) in [6.45, 7) is 6.68. The Kier molecular flexibility index (Phi) is 7.34. The molecule has 0 bridgehead atoms. The minimum atomic E-state index is -4.82. The normalized spacial score (nSPS) is 12.9. The van der Waals surface area contributed by atoms with E-state index >= 15 is 0 Å². The van der Waals surface area contributed by atoms with Gasteiger partial charge in [0.2, 0.25) is 0 Å². The van der Waals surface area contributed by atoms with E-state index in [4.69, 9.17) is 0 Å². The summed E-state index contributed by atoms with van der Waals surface area (Å²) in [5, 5.41) is 16.4. The van der Waals surface area contributed by atoms with Crippen LogP contribution in [0.5, 0.6) is 0 Å². The number of nitrogens with one attached hydrogen (secondary N) is 3. The van der Waals surface area contributed by atoms with Gasteiger partial charge in [-0.05, 0) is 51.0 Å². The van der Waals surface area contributed by atoms with Gasteiger partial charge in [0.1, 0.15) is 5.69 Å². The van der Waals surface area contributed by atoms with E-state index in [2.05, 4.69) is 30.9 Å². The molecule has 3 N–H and O–H groups in total. The van der Waals surface area contributed by atoms with Crippen LogP contribution in [0.25, 0.3) is 16.7 Å². The van der Waals surface area contributed by atoms with Crippen molar-refractivity contribution in [3.63, 3.8) is 0 Å². The number of carbonyl (C=O) groups excluding carboxylic acids is 2. The zero-order valence-corrected chi connectivity index (χ0v) is 22.5. The van der Waals surface area contributed by atoms with Crippen molar-refractivity contribution in [2.75, 3.05) is 17.3 Å². The molecule has 0 saturated carbocycles. The number of anilines is 1. The Morgan fingerprint density at radius 1 is 1.13 bits per heavy atom. The van der Waals surface area contributed by atoms with E-state index in [0.717, 1.165) is 4.68 Å². The molecule has 39 heavy (non-hydrogen) atoms. The lowest BCUT2D eigenvalue weighted by Crippen LogP contribution is -2.47. The number of H-pyrrole nitrogens is 1. The van der Waals surface area contributed by atoms with Gasteiger partial charge in [0.15, 0.2) is 11.5 Å². The third kappa shape index (κ3) is 5.85. The van der Waals surface area contributed by atoms with E-state index in [1.54, 1.807) is 45.9 Å². The molecule has 0 aliphatic rings. The van der Waals surface area contributed by atoms with E-state index in [0.29, 0.717) is 28.1 Å². The Balaban J connectivity index is 1.82. The van der Waals surface area contributed by atoms with Crippen LogP contribution in [0.15, 0.2) is 36.7 Å². The second-order valence-electron chi connectivity index (χ2n) is 9.76. The number of benzene rings is 1. The Bertz CT molecular complexity index is 1610. The molecule has 0 saturated heterocycles. The second kappa shape index (κ2) is 10.2. The third-order valence-electron chi connectivity index (χ3n) is 5.83. The van der Waals surface area contributed by atoms with Crippen LogP contribution in [0.3, 0.4) is 0 Å². The van der Waals surface area contributed by atoms with Crippen LogP contribution in [-0.2, 0) is 17.0 Å². The van der Waals surface area contributed by atoms with Gasteiger partial charge in [-0.1, -0.05) is 6.07 Å². The highest BCUT2D eigenvalue weighted by Crippen LogP contribution is 2.32. The summed E-state index contributed by atoms with van der Waals surface area (Å²) in [5.74, 6) is -1.32. The van der Waals surface area contributed by atoms with Crippen molar-refractivity contribution in [3.05, 3.63) is 64.7 Å². The smallest absolute Gasteiger partial charge is 0.346 e. The molecule has 1 aromatic carbocycles. The number of aromatic nitrogens is 5. The lowest BCUT2D eigenvalue weighted by molar-refractivity contribution is -0.141. The van der Waals surface area contributed by atoms with Crippen LogP contribution in [0.2, 0.25) is 0 Å². The molecule has 10 nitrogen and oxygen atoms in total. The third-order valence-corrected chi connectivity index (χ3v) is 6.96. The highest BCUT2D eigenvalue weighted by molar-refractivity contribution is 7.84. The first-order chi connectivity index (χ1) is 18.2. The molecule has 0 radical (unpaired) electrons. The van der Waals surface area contributed by atoms with Gasteiger partial charge in [0, 0.05) is 46.0 Å². The molecule has 0 fully saturated rings. The molecule has 4 aromatic rings. The number of nitrogens with zero attached hydrogens (tertiary/aromatic N) is 4. The maximum Gasteiger partial charge on any atom is 0.435 e. The Labute approximate surface area is 223 Å². The number of pyridine rings is 1. The monoisotopic (exact) mass is 561 g/mol. The lowest BCUT2D eigenvalue weighted by atomic mass is 10.0. The number of aromatic amines is 1. The molecule has 0 aliphatic carbocycles.